The van der Waals surface area contributed by atoms with E-state index in [2.05, 4.69) is 0 Å². The molecule has 1 heterocycles. The van der Waals surface area contributed by atoms with Crippen LogP contribution in [0.25, 0.3) is 11.1 Å². The average molecular weight is 347 g/mol. The lowest BCUT2D eigenvalue weighted by Gasteiger charge is -2.25. The largest absolute Gasteiger partial charge is 0.508 e. The third-order valence-electron chi connectivity index (χ3n) is 4.27. The van der Waals surface area contributed by atoms with Gasteiger partial charge in [0.05, 0.1) is 12.0 Å². The fraction of sp³-hybridized carbons (Fsp3) is 0.333. The lowest BCUT2D eigenvalue weighted by atomic mass is 10.1. The summed E-state index contributed by atoms with van der Waals surface area (Å²) >= 11 is 0. The number of phenolic OH excluding ortho intramolecular Hbond substituents is 1. The molecular weight excluding hydrogens is 326 g/mol. The number of ether oxygens (including phenoxy) is 1. The molecule has 2 aromatic rings. The van der Waals surface area contributed by atoms with Crippen LogP contribution in [0.2, 0.25) is 0 Å². The van der Waals surface area contributed by atoms with Crippen LogP contribution in [0.3, 0.4) is 0 Å². The Hall–Kier alpha value is -2.05. The normalized spacial score (nSPS) is 16.0. The van der Waals surface area contributed by atoms with Crippen LogP contribution in [0, 0.1) is 0 Å². The number of hydrogen-bond acceptors (Lipinski definition) is 4. The van der Waals surface area contributed by atoms with E-state index in [-0.39, 0.29) is 5.75 Å². The van der Waals surface area contributed by atoms with Crippen molar-refractivity contribution in [1.82, 2.24) is 4.31 Å². The lowest BCUT2D eigenvalue weighted by Crippen LogP contribution is -2.35. The molecule has 3 rings (SSSR count). The molecule has 1 saturated heterocycles. The molecule has 5 nitrogen and oxygen atoms in total. The van der Waals surface area contributed by atoms with E-state index in [0.29, 0.717) is 23.7 Å². The van der Waals surface area contributed by atoms with E-state index in [1.165, 1.54) is 13.2 Å². The molecule has 0 radical (unpaired) electrons. The van der Waals surface area contributed by atoms with E-state index in [0.717, 1.165) is 30.4 Å². The van der Waals surface area contributed by atoms with Crippen molar-refractivity contribution in [2.24, 2.45) is 0 Å². The summed E-state index contributed by atoms with van der Waals surface area (Å²) in [5.74, 6) is 0.657. The second-order valence-electron chi connectivity index (χ2n) is 5.91. The van der Waals surface area contributed by atoms with Crippen LogP contribution in [0.4, 0.5) is 0 Å². The first kappa shape index (κ1) is 16.8. The summed E-state index contributed by atoms with van der Waals surface area (Å²) in [6.07, 6.45) is 2.92. The molecule has 0 bridgehead atoms. The summed E-state index contributed by atoms with van der Waals surface area (Å²) in [5.41, 5.74) is 1.59. The van der Waals surface area contributed by atoms with Gasteiger partial charge >= 0.3 is 0 Å². The van der Waals surface area contributed by atoms with Crippen molar-refractivity contribution in [3.8, 4) is 22.6 Å². The SMILES string of the molecule is COc1cc(O)cc(-c2ccc(S(=O)(=O)N3CCCCC3)cc2)c1. The molecule has 0 saturated carbocycles. The fourth-order valence-corrected chi connectivity index (χ4v) is 4.46. The van der Waals surface area contributed by atoms with Crippen molar-refractivity contribution in [2.75, 3.05) is 20.2 Å². The Kier molecular flexibility index (Phi) is 4.78. The molecule has 0 aliphatic carbocycles. The number of rotatable bonds is 4. The molecule has 1 N–H and O–H groups in total. The summed E-state index contributed by atoms with van der Waals surface area (Å²) in [4.78, 5) is 0.306. The third-order valence-corrected chi connectivity index (χ3v) is 6.18. The summed E-state index contributed by atoms with van der Waals surface area (Å²) in [6.45, 7) is 1.18. The van der Waals surface area contributed by atoms with Crippen LogP contribution < -0.4 is 4.74 Å². The highest BCUT2D eigenvalue weighted by molar-refractivity contribution is 7.89. The van der Waals surface area contributed by atoms with Crippen LogP contribution in [-0.4, -0.2) is 38.0 Å². The Bertz CT molecular complexity index is 809. The van der Waals surface area contributed by atoms with Gasteiger partial charge in [0.25, 0.3) is 0 Å². The van der Waals surface area contributed by atoms with Gasteiger partial charge in [0.15, 0.2) is 0 Å². The molecule has 1 aliphatic rings. The molecule has 2 aromatic carbocycles. The Labute approximate surface area is 142 Å². The highest BCUT2D eigenvalue weighted by Gasteiger charge is 2.25. The number of hydrogen-bond donors (Lipinski definition) is 1. The minimum absolute atomic E-state index is 0.106. The van der Waals surface area contributed by atoms with Crippen LogP contribution in [0.15, 0.2) is 47.4 Å². The molecule has 24 heavy (non-hydrogen) atoms. The zero-order chi connectivity index (χ0) is 17.2. The monoisotopic (exact) mass is 347 g/mol. The zero-order valence-corrected chi connectivity index (χ0v) is 14.4. The maximum atomic E-state index is 12.7. The molecule has 128 valence electrons. The van der Waals surface area contributed by atoms with Gasteiger partial charge < -0.3 is 9.84 Å². The number of methoxy groups -OCH3 is 1. The van der Waals surface area contributed by atoms with Crippen LogP contribution in [-0.2, 0) is 10.0 Å². The molecule has 0 amide bonds. The zero-order valence-electron chi connectivity index (χ0n) is 13.6. The maximum absolute atomic E-state index is 12.7. The molecular formula is C18H21NO4S. The van der Waals surface area contributed by atoms with Gasteiger partial charge in [0.2, 0.25) is 10.0 Å². The minimum Gasteiger partial charge on any atom is -0.508 e. The van der Waals surface area contributed by atoms with E-state index in [1.54, 1.807) is 40.7 Å². The van der Waals surface area contributed by atoms with Crippen molar-refractivity contribution in [3.05, 3.63) is 42.5 Å². The maximum Gasteiger partial charge on any atom is 0.243 e. The van der Waals surface area contributed by atoms with Gasteiger partial charge in [0, 0.05) is 19.2 Å². The summed E-state index contributed by atoms with van der Waals surface area (Å²) < 4.78 is 32.0. The fourth-order valence-electron chi connectivity index (χ4n) is 2.94. The van der Waals surface area contributed by atoms with Crippen molar-refractivity contribution in [3.63, 3.8) is 0 Å². The van der Waals surface area contributed by atoms with Gasteiger partial charge in [-0.05, 0) is 48.2 Å². The molecule has 0 atom stereocenters. The number of aromatic hydroxyl groups is 1. The van der Waals surface area contributed by atoms with Gasteiger partial charge in [-0.15, -0.1) is 0 Å². The van der Waals surface area contributed by atoms with Crippen molar-refractivity contribution in [2.45, 2.75) is 24.2 Å². The van der Waals surface area contributed by atoms with E-state index in [4.69, 9.17) is 4.74 Å². The van der Waals surface area contributed by atoms with Crippen LogP contribution >= 0.6 is 0 Å². The predicted molar refractivity (Wildman–Crippen MR) is 92.7 cm³/mol. The standard InChI is InChI=1S/C18H21NO4S/c1-23-17-12-15(11-16(20)13-17)14-5-7-18(8-6-14)24(21,22)19-9-3-2-4-10-19/h5-8,11-13,20H,2-4,9-10H2,1H3. The minimum atomic E-state index is -3.42. The first-order chi connectivity index (χ1) is 11.5. The summed E-state index contributed by atoms with van der Waals surface area (Å²) in [7, 11) is -1.89. The Balaban J connectivity index is 1.89. The highest BCUT2D eigenvalue weighted by Crippen LogP contribution is 2.30. The number of nitrogens with zero attached hydrogens (tertiary/aromatic N) is 1. The first-order valence-electron chi connectivity index (χ1n) is 7.99. The second-order valence-corrected chi connectivity index (χ2v) is 7.85. The van der Waals surface area contributed by atoms with Gasteiger partial charge in [-0.3, -0.25) is 0 Å². The van der Waals surface area contributed by atoms with E-state index in [9.17, 15) is 13.5 Å². The predicted octanol–water partition coefficient (Wildman–Crippen LogP) is 3.24. The Morgan fingerprint density at radius 3 is 2.25 bits per heavy atom. The smallest absolute Gasteiger partial charge is 0.243 e. The molecule has 1 fully saturated rings. The first-order valence-corrected chi connectivity index (χ1v) is 9.43. The molecule has 0 unspecified atom stereocenters. The Morgan fingerprint density at radius 1 is 0.958 bits per heavy atom. The topological polar surface area (TPSA) is 66.8 Å². The van der Waals surface area contributed by atoms with Crippen molar-refractivity contribution in [1.29, 1.82) is 0 Å². The van der Waals surface area contributed by atoms with E-state index < -0.39 is 10.0 Å². The molecule has 0 aromatic heterocycles. The van der Waals surface area contributed by atoms with Gasteiger partial charge in [-0.1, -0.05) is 18.6 Å². The van der Waals surface area contributed by atoms with Crippen molar-refractivity contribution >= 4 is 10.0 Å². The van der Waals surface area contributed by atoms with Gasteiger partial charge in [-0.25, -0.2) is 8.42 Å². The van der Waals surface area contributed by atoms with Crippen LogP contribution in [0.1, 0.15) is 19.3 Å². The number of piperidine rings is 1. The average Bonchev–Trinajstić information content (AvgIpc) is 2.62. The van der Waals surface area contributed by atoms with E-state index in [1.807, 2.05) is 0 Å². The van der Waals surface area contributed by atoms with Gasteiger partial charge in [-0.2, -0.15) is 4.31 Å². The highest BCUT2D eigenvalue weighted by atomic mass is 32.2. The second kappa shape index (κ2) is 6.83. The van der Waals surface area contributed by atoms with Crippen molar-refractivity contribution < 1.29 is 18.3 Å². The Morgan fingerprint density at radius 2 is 1.62 bits per heavy atom. The van der Waals surface area contributed by atoms with Gasteiger partial charge in [0.1, 0.15) is 11.5 Å². The number of sulfonamides is 1. The number of benzene rings is 2. The third kappa shape index (κ3) is 3.39. The lowest BCUT2D eigenvalue weighted by molar-refractivity contribution is 0.346. The van der Waals surface area contributed by atoms with Crippen LogP contribution in [0.5, 0.6) is 11.5 Å². The molecule has 1 aliphatic heterocycles. The molecule has 6 heteroatoms. The molecule has 0 spiro atoms. The summed E-state index contributed by atoms with van der Waals surface area (Å²) in [5, 5.41) is 9.76. The number of phenols is 1. The van der Waals surface area contributed by atoms with E-state index >= 15 is 0 Å². The quantitative estimate of drug-likeness (QED) is 0.922. The summed E-state index contributed by atoms with van der Waals surface area (Å²) in [6, 6.07) is 11.7.